The fourth-order valence-corrected chi connectivity index (χ4v) is 5.01. The number of hydrogen-bond donors (Lipinski definition) is 1. The summed E-state index contributed by atoms with van der Waals surface area (Å²) in [5, 5.41) is 3.57. The Kier molecular flexibility index (Phi) is 8.31. The minimum atomic E-state index is 0. The van der Waals surface area contributed by atoms with Crippen LogP contribution in [0.1, 0.15) is 65.7 Å². The van der Waals surface area contributed by atoms with Gasteiger partial charge in [0.1, 0.15) is 0 Å². The SMILES string of the molecule is CCNC(=NCC1CCCN(C(C)C)C1)N1CCC2(CCCC2)C1.I. The van der Waals surface area contributed by atoms with Crippen molar-refractivity contribution in [2.75, 3.05) is 39.3 Å². The molecule has 0 aromatic heterocycles. The molecule has 2 saturated heterocycles. The molecule has 25 heavy (non-hydrogen) atoms. The minimum absolute atomic E-state index is 0. The van der Waals surface area contributed by atoms with E-state index in [4.69, 9.17) is 4.99 Å². The first-order valence-electron chi connectivity index (χ1n) is 10.4. The zero-order valence-corrected chi connectivity index (χ0v) is 18.9. The zero-order valence-electron chi connectivity index (χ0n) is 16.6. The van der Waals surface area contributed by atoms with Crippen LogP contribution >= 0.6 is 24.0 Å². The molecule has 2 heterocycles. The maximum atomic E-state index is 5.07. The molecule has 146 valence electrons. The number of hydrogen-bond acceptors (Lipinski definition) is 2. The van der Waals surface area contributed by atoms with Gasteiger partial charge in [0.05, 0.1) is 0 Å². The van der Waals surface area contributed by atoms with Crippen molar-refractivity contribution in [2.24, 2.45) is 16.3 Å². The molecule has 3 fully saturated rings. The van der Waals surface area contributed by atoms with Gasteiger partial charge >= 0.3 is 0 Å². The summed E-state index contributed by atoms with van der Waals surface area (Å²) in [6.45, 7) is 13.7. The van der Waals surface area contributed by atoms with E-state index in [-0.39, 0.29) is 24.0 Å². The van der Waals surface area contributed by atoms with E-state index >= 15 is 0 Å². The Morgan fingerprint density at radius 2 is 1.92 bits per heavy atom. The topological polar surface area (TPSA) is 30.9 Å². The summed E-state index contributed by atoms with van der Waals surface area (Å²) < 4.78 is 0. The van der Waals surface area contributed by atoms with Crippen molar-refractivity contribution in [3.63, 3.8) is 0 Å². The van der Waals surface area contributed by atoms with Gasteiger partial charge in [-0.15, -0.1) is 24.0 Å². The predicted molar refractivity (Wildman–Crippen MR) is 118 cm³/mol. The van der Waals surface area contributed by atoms with Gasteiger partial charge in [-0.2, -0.15) is 0 Å². The third kappa shape index (κ3) is 5.47. The Labute approximate surface area is 172 Å². The number of piperidine rings is 1. The number of halogens is 1. The lowest BCUT2D eigenvalue weighted by Gasteiger charge is -2.35. The van der Waals surface area contributed by atoms with Gasteiger partial charge in [0.15, 0.2) is 5.96 Å². The molecule has 0 bridgehead atoms. The van der Waals surface area contributed by atoms with Gasteiger partial charge in [-0.05, 0) is 70.8 Å². The molecule has 5 heteroatoms. The maximum Gasteiger partial charge on any atom is 0.193 e. The van der Waals surface area contributed by atoms with E-state index in [9.17, 15) is 0 Å². The average Bonchev–Trinajstić information content (AvgIpc) is 3.22. The quantitative estimate of drug-likeness (QED) is 0.390. The van der Waals surface area contributed by atoms with Crippen LogP contribution in [0.25, 0.3) is 0 Å². The molecule has 4 nitrogen and oxygen atoms in total. The molecular weight excluding hydrogens is 423 g/mol. The summed E-state index contributed by atoms with van der Waals surface area (Å²) in [4.78, 5) is 10.3. The first-order valence-corrected chi connectivity index (χ1v) is 10.4. The van der Waals surface area contributed by atoms with Gasteiger partial charge in [-0.3, -0.25) is 4.99 Å². The highest BCUT2D eigenvalue weighted by Crippen LogP contribution is 2.45. The van der Waals surface area contributed by atoms with E-state index in [0.29, 0.717) is 11.5 Å². The number of likely N-dealkylation sites (tertiary alicyclic amines) is 2. The Morgan fingerprint density at radius 1 is 1.16 bits per heavy atom. The van der Waals surface area contributed by atoms with Crippen LogP contribution in [0.15, 0.2) is 4.99 Å². The van der Waals surface area contributed by atoms with Crippen LogP contribution in [0.5, 0.6) is 0 Å². The maximum absolute atomic E-state index is 5.07. The Bertz CT molecular complexity index is 431. The molecule has 3 aliphatic rings. The van der Waals surface area contributed by atoms with Crippen LogP contribution in [0.4, 0.5) is 0 Å². The summed E-state index contributed by atoms with van der Waals surface area (Å²) in [5.41, 5.74) is 0.621. The molecule has 1 spiro atoms. The van der Waals surface area contributed by atoms with Crippen LogP contribution in [-0.4, -0.2) is 61.1 Å². The molecule has 0 amide bonds. The molecule has 1 saturated carbocycles. The summed E-state index contributed by atoms with van der Waals surface area (Å²) >= 11 is 0. The largest absolute Gasteiger partial charge is 0.357 e. The fourth-order valence-electron chi connectivity index (χ4n) is 5.01. The van der Waals surface area contributed by atoms with Crippen molar-refractivity contribution in [3.05, 3.63) is 0 Å². The second-order valence-corrected chi connectivity index (χ2v) is 8.67. The third-order valence-corrected chi connectivity index (χ3v) is 6.52. The van der Waals surface area contributed by atoms with Crippen molar-refractivity contribution in [2.45, 2.75) is 71.8 Å². The van der Waals surface area contributed by atoms with E-state index in [1.807, 2.05) is 0 Å². The lowest BCUT2D eigenvalue weighted by Crippen LogP contribution is -2.43. The first-order chi connectivity index (χ1) is 11.6. The molecule has 0 radical (unpaired) electrons. The molecule has 1 N–H and O–H groups in total. The Morgan fingerprint density at radius 3 is 2.60 bits per heavy atom. The van der Waals surface area contributed by atoms with Gasteiger partial charge in [0.2, 0.25) is 0 Å². The van der Waals surface area contributed by atoms with Crippen LogP contribution in [0, 0.1) is 11.3 Å². The third-order valence-electron chi connectivity index (χ3n) is 6.52. The number of nitrogens with one attached hydrogen (secondary N) is 1. The molecule has 3 rings (SSSR count). The normalized spacial score (nSPS) is 27.1. The Balaban J connectivity index is 0.00000225. The summed E-state index contributed by atoms with van der Waals surface area (Å²) in [6, 6.07) is 0.672. The Hall–Kier alpha value is -0.0400. The van der Waals surface area contributed by atoms with Gasteiger partial charge < -0.3 is 15.1 Å². The van der Waals surface area contributed by atoms with Crippen LogP contribution in [0.3, 0.4) is 0 Å². The predicted octanol–water partition coefficient (Wildman–Crippen LogP) is 3.96. The van der Waals surface area contributed by atoms with Crippen LogP contribution in [0.2, 0.25) is 0 Å². The number of guanidine groups is 1. The van der Waals surface area contributed by atoms with E-state index in [1.165, 1.54) is 77.1 Å². The van der Waals surface area contributed by atoms with E-state index in [0.717, 1.165) is 19.0 Å². The standard InChI is InChI=1S/C20H38N4.HI/c1-4-21-19(24-13-11-20(16-24)9-5-6-10-20)22-14-18-8-7-12-23(15-18)17(2)3;/h17-18H,4-16H2,1-3H3,(H,21,22);1H. The smallest absolute Gasteiger partial charge is 0.193 e. The molecule has 0 aromatic carbocycles. The lowest BCUT2D eigenvalue weighted by atomic mass is 9.86. The van der Waals surface area contributed by atoms with Gasteiger partial charge in [-0.25, -0.2) is 0 Å². The van der Waals surface area contributed by atoms with Crippen LogP contribution in [-0.2, 0) is 0 Å². The highest BCUT2D eigenvalue weighted by atomic mass is 127. The fraction of sp³-hybridized carbons (Fsp3) is 0.950. The monoisotopic (exact) mass is 462 g/mol. The van der Waals surface area contributed by atoms with Crippen LogP contribution < -0.4 is 5.32 Å². The van der Waals surface area contributed by atoms with Crippen molar-refractivity contribution in [1.82, 2.24) is 15.1 Å². The van der Waals surface area contributed by atoms with Gasteiger partial charge in [-0.1, -0.05) is 12.8 Å². The highest BCUT2D eigenvalue weighted by Gasteiger charge is 2.41. The van der Waals surface area contributed by atoms with Gasteiger partial charge in [0, 0.05) is 38.8 Å². The highest BCUT2D eigenvalue weighted by molar-refractivity contribution is 14.0. The lowest BCUT2D eigenvalue weighted by molar-refractivity contribution is 0.143. The molecule has 2 aliphatic heterocycles. The van der Waals surface area contributed by atoms with E-state index in [1.54, 1.807) is 0 Å². The molecule has 0 aromatic rings. The van der Waals surface area contributed by atoms with Crippen molar-refractivity contribution >= 4 is 29.9 Å². The zero-order chi connectivity index (χ0) is 17.0. The molecular formula is C20H39IN4. The first kappa shape index (κ1) is 21.3. The summed E-state index contributed by atoms with van der Waals surface area (Å²) in [5.74, 6) is 1.92. The second kappa shape index (κ2) is 9.77. The van der Waals surface area contributed by atoms with E-state index < -0.39 is 0 Å². The molecule has 1 atom stereocenters. The van der Waals surface area contributed by atoms with E-state index in [2.05, 4.69) is 35.9 Å². The number of aliphatic imine (C=N–C) groups is 1. The average molecular weight is 462 g/mol. The van der Waals surface area contributed by atoms with Crippen molar-refractivity contribution in [1.29, 1.82) is 0 Å². The molecule has 1 unspecified atom stereocenters. The molecule has 1 aliphatic carbocycles. The van der Waals surface area contributed by atoms with Crippen molar-refractivity contribution in [3.8, 4) is 0 Å². The summed E-state index contributed by atoms with van der Waals surface area (Å²) in [7, 11) is 0. The number of rotatable bonds is 4. The second-order valence-electron chi connectivity index (χ2n) is 8.67. The van der Waals surface area contributed by atoms with Gasteiger partial charge in [0.25, 0.3) is 0 Å². The summed E-state index contributed by atoms with van der Waals surface area (Å²) in [6.07, 6.45) is 9.81. The minimum Gasteiger partial charge on any atom is -0.357 e. The van der Waals surface area contributed by atoms with Crippen molar-refractivity contribution < 1.29 is 0 Å². The number of nitrogens with zero attached hydrogens (tertiary/aromatic N) is 3.